The molecule has 0 saturated carbocycles. The summed E-state index contributed by atoms with van der Waals surface area (Å²) in [5.74, 6) is 1.54. The molecule has 0 aliphatic rings. The number of hydrogen-bond acceptors (Lipinski definition) is 3. The molecule has 0 aliphatic heterocycles. The molecular weight excluding hydrogens is 264 g/mol. The standard InChI is InChI=1S/C14H15ClN2S/c1-3-11-8-13(15)17-14(16-11)9-18-12-6-4-10(2)5-7-12/h4-8H,3,9H2,1-2H3. The zero-order valence-electron chi connectivity index (χ0n) is 10.5. The zero-order valence-corrected chi connectivity index (χ0v) is 12.1. The van der Waals surface area contributed by atoms with Crippen LogP contribution in [-0.4, -0.2) is 9.97 Å². The van der Waals surface area contributed by atoms with Crippen LogP contribution in [0.1, 0.15) is 24.0 Å². The van der Waals surface area contributed by atoms with Crippen LogP contribution >= 0.6 is 23.4 Å². The van der Waals surface area contributed by atoms with E-state index in [4.69, 9.17) is 11.6 Å². The van der Waals surface area contributed by atoms with Gasteiger partial charge in [0.15, 0.2) is 0 Å². The van der Waals surface area contributed by atoms with Crippen molar-refractivity contribution in [3.05, 3.63) is 52.6 Å². The lowest BCUT2D eigenvalue weighted by atomic mass is 10.2. The van der Waals surface area contributed by atoms with E-state index in [2.05, 4.69) is 48.1 Å². The van der Waals surface area contributed by atoms with Crippen molar-refractivity contribution in [2.75, 3.05) is 0 Å². The molecule has 0 bridgehead atoms. The summed E-state index contributed by atoms with van der Waals surface area (Å²) in [6.07, 6.45) is 0.879. The van der Waals surface area contributed by atoms with Gasteiger partial charge in [-0.25, -0.2) is 9.97 Å². The highest BCUT2D eigenvalue weighted by Crippen LogP contribution is 2.22. The molecule has 4 heteroatoms. The summed E-state index contributed by atoms with van der Waals surface area (Å²) in [7, 11) is 0. The maximum Gasteiger partial charge on any atom is 0.140 e. The first-order valence-electron chi connectivity index (χ1n) is 5.89. The molecule has 0 amide bonds. The largest absolute Gasteiger partial charge is 0.237 e. The van der Waals surface area contributed by atoms with Crippen molar-refractivity contribution >= 4 is 23.4 Å². The molecule has 1 aromatic carbocycles. The first-order chi connectivity index (χ1) is 8.67. The predicted molar refractivity (Wildman–Crippen MR) is 77.2 cm³/mol. The molecule has 0 unspecified atom stereocenters. The SMILES string of the molecule is CCc1cc(Cl)nc(CSc2ccc(C)cc2)n1. The highest BCUT2D eigenvalue weighted by molar-refractivity contribution is 7.98. The van der Waals surface area contributed by atoms with Gasteiger partial charge in [-0.2, -0.15) is 0 Å². The van der Waals surface area contributed by atoms with Gasteiger partial charge in [0.1, 0.15) is 11.0 Å². The predicted octanol–water partition coefficient (Wildman–Crippen LogP) is 4.29. The Balaban J connectivity index is 2.05. The quantitative estimate of drug-likeness (QED) is 0.616. The molecule has 0 radical (unpaired) electrons. The summed E-state index contributed by atoms with van der Waals surface area (Å²) in [5.41, 5.74) is 2.26. The molecule has 94 valence electrons. The average molecular weight is 279 g/mol. The monoisotopic (exact) mass is 278 g/mol. The van der Waals surface area contributed by atoms with Crippen LogP contribution in [0.25, 0.3) is 0 Å². The van der Waals surface area contributed by atoms with E-state index in [0.717, 1.165) is 23.7 Å². The number of aromatic nitrogens is 2. The Labute approximate surface area is 117 Å². The molecule has 1 aromatic heterocycles. The number of thioether (sulfide) groups is 1. The van der Waals surface area contributed by atoms with Crippen molar-refractivity contribution in [2.24, 2.45) is 0 Å². The smallest absolute Gasteiger partial charge is 0.140 e. The van der Waals surface area contributed by atoms with E-state index in [-0.39, 0.29) is 0 Å². The van der Waals surface area contributed by atoms with E-state index >= 15 is 0 Å². The van der Waals surface area contributed by atoms with E-state index in [0.29, 0.717) is 5.15 Å². The van der Waals surface area contributed by atoms with Gasteiger partial charge < -0.3 is 0 Å². The second-order valence-electron chi connectivity index (χ2n) is 4.05. The van der Waals surface area contributed by atoms with E-state index in [1.807, 2.05) is 6.07 Å². The van der Waals surface area contributed by atoms with Gasteiger partial charge in [0.25, 0.3) is 0 Å². The Bertz CT molecular complexity index is 526. The minimum Gasteiger partial charge on any atom is -0.237 e. The Kier molecular flexibility index (Phi) is 4.61. The summed E-state index contributed by atoms with van der Waals surface area (Å²) in [6, 6.07) is 10.3. The van der Waals surface area contributed by atoms with Crippen LogP contribution in [0.3, 0.4) is 0 Å². The van der Waals surface area contributed by atoms with Crippen molar-refractivity contribution in [3.8, 4) is 0 Å². The molecular formula is C14H15ClN2S. The highest BCUT2D eigenvalue weighted by Gasteiger charge is 2.03. The lowest BCUT2D eigenvalue weighted by molar-refractivity contribution is 0.940. The molecule has 0 aliphatic carbocycles. The fourth-order valence-electron chi connectivity index (χ4n) is 1.54. The topological polar surface area (TPSA) is 25.8 Å². The van der Waals surface area contributed by atoms with Gasteiger partial charge in [0.05, 0.1) is 5.75 Å². The van der Waals surface area contributed by atoms with Crippen LogP contribution in [0.5, 0.6) is 0 Å². The molecule has 0 spiro atoms. The van der Waals surface area contributed by atoms with E-state index in [1.165, 1.54) is 10.5 Å². The first kappa shape index (κ1) is 13.4. The number of hydrogen-bond donors (Lipinski definition) is 0. The Morgan fingerprint density at radius 1 is 1.17 bits per heavy atom. The molecule has 0 saturated heterocycles. The first-order valence-corrected chi connectivity index (χ1v) is 7.25. The summed E-state index contributed by atoms with van der Waals surface area (Å²) >= 11 is 7.70. The van der Waals surface area contributed by atoms with Crippen LogP contribution in [0, 0.1) is 6.92 Å². The third-order valence-electron chi connectivity index (χ3n) is 2.55. The maximum atomic E-state index is 5.97. The molecule has 0 fully saturated rings. The third kappa shape index (κ3) is 3.72. The van der Waals surface area contributed by atoms with Crippen molar-refractivity contribution in [2.45, 2.75) is 30.9 Å². The molecule has 18 heavy (non-hydrogen) atoms. The molecule has 0 atom stereocenters. The van der Waals surface area contributed by atoms with Crippen molar-refractivity contribution < 1.29 is 0 Å². The summed E-state index contributed by atoms with van der Waals surface area (Å²) < 4.78 is 0. The maximum absolute atomic E-state index is 5.97. The number of benzene rings is 1. The van der Waals surface area contributed by atoms with E-state index in [1.54, 1.807) is 11.8 Å². The minimum atomic E-state index is 0.529. The van der Waals surface area contributed by atoms with Gasteiger partial charge >= 0.3 is 0 Å². The van der Waals surface area contributed by atoms with Crippen molar-refractivity contribution in [1.82, 2.24) is 9.97 Å². The van der Waals surface area contributed by atoms with E-state index in [9.17, 15) is 0 Å². The number of nitrogens with zero attached hydrogens (tertiary/aromatic N) is 2. The molecule has 1 heterocycles. The molecule has 0 N–H and O–H groups in total. The van der Waals surface area contributed by atoms with Crippen LogP contribution < -0.4 is 0 Å². The lowest BCUT2D eigenvalue weighted by Crippen LogP contribution is -1.97. The number of aryl methyl sites for hydroxylation is 2. The summed E-state index contributed by atoms with van der Waals surface area (Å²) in [5, 5.41) is 0.529. The summed E-state index contributed by atoms with van der Waals surface area (Å²) in [6.45, 7) is 4.15. The second-order valence-corrected chi connectivity index (χ2v) is 5.49. The second kappa shape index (κ2) is 6.21. The van der Waals surface area contributed by atoms with Crippen LogP contribution in [0.2, 0.25) is 5.15 Å². The summed E-state index contributed by atoms with van der Waals surface area (Å²) in [4.78, 5) is 9.94. The normalized spacial score (nSPS) is 10.6. The van der Waals surface area contributed by atoms with Gasteiger partial charge in [0.2, 0.25) is 0 Å². The van der Waals surface area contributed by atoms with Crippen LogP contribution in [-0.2, 0) is 12.2 Å². The van der Waals surface area contributed by atoms with E-state index < -0.39 is 0 Å². The fourth-order valence-corrected chi connectivity index (χ4v) is 2.52. The molecule has 2 aromatic rings. The fraction of sp³-hybridized carbons (Fsp3) is 0.286. The molecule has 2 rings (SSSR count). The zero-order chi connectivity index (χ0) is 13.0. The van der Waals surface area contributed by atoms with Gasteiger partial charge in [-0.05, 0) is 31.5 Å². The van der Waals surface area contributed by atoms with Crippen LogP contribution in [0.4, 0.5) is 0 Å². The lowest BCUT2D eigenvalue weighted by Gasteiger charge is -2.04. The molecule has 2 nitrogen and oxygen atoms in total. The Morgan fingerprint density at radius 3 is 2.56 bits per heavy atom. The third-order valence-corrected chi connectivity index (χ3v) is 3.75. The number of rotatable bonds is 4. The van der Waals surface area contributed by atoms with Crippen molar-refractivity contribution in [3.63, 3.8) is 0 Å². The van der Waals surface area contributed by atoms with Crippen LogP contribution in [0.15, 0.2) is 35.2 Å². The Hall–Kier alpha value is -1.06. The highest BCUT2D eigenvalue weighted by atomic mass is 35.5. The van der Waals surface area contributed by atoms with Gasteiger partial charge in [-0.15, -0.1) is 11.8 Å². The average Bonchev–Trinajstić information content (AvgIpc) is 2.37. The van der Waals surface area contributed by atoms with Gasteiger partial charge in [-0.1, -0.05) is 36.2 Å². The van der Waals surface area contributed by atoms with Gasteiger partial charge in [0, 0.05) is 10.6 Å². The Morgan fingerprint density at radius 2 is 1.89 bits per heavy atom. The number of halogens is 1. The van der Waals surface area contributed by atoms with Gasteiger partial charge in [-0.3, -0.25) is 0 Å². The van der Waals surface area contributed by atoms with Crippen molar-refractivity contribution in [1.29, 1.82) is 0 Å². The minimum absolute atomic E-state index is 0.529.